The molecule has 13 nitrogen and oxygen atoms in total. The Hall–Kier alpha value is -2.74. The third kappa shape index (κ3) is 8.11. The number of amides is 5. The molecule has 2 aliphatic heterocycles. The number of urea groups is 1. The Kier molecular flexibility index (Phi) is 11.9. The van der Waals surface area contributed by atoms with Crippen molar-refractivity contribution in [2.24, 2.45) is 17.3 Å². The summed E-state index contributed by atoms with van der Waals surface area (Å²) in [5.74, 6) is -2.40. The van der Waals surface area contributed by atoms with Crippen molar-refractivity contribution >= 4 is 39.4 Å². The second-order valence-electron chi connectivity index (χ2n) is 17.1. The lowest BCUT2D eigenvalue weighted by atomic mass is 9.73. The Morgan fingerprint density at radius 3 is 2.20 bits per heavy atom. The van der Waals surface area contributed by atoms with Crippen molar-refractivity contribution in [3.8, 4) is 0 Å². The van der Waals surface area contributed by atoms with Crippen LogP contribution in [0.15, 0.2) is 0 Å². The van der Waals surface area contributed by atoms with Crippen LogP contribution in [-0.2, 0) is 33.8 Å². The van der Waals surface area contributed by atoms with E-state index < -0.39 is 73.0 Å². The summed E-state index contributed by atoms with van der Waals surface area (Å²) >= 11 is 0. The zero-order chi connectivity index (χ0) is 37.4. The highest BCUT2D eigenvalue weighted by atomic mass is 32.2. The summed E-state index contributed by atoms with van der Waals surface area (Å²) in [6.45, 7) is 11.4. The lowest BCUT2D eigenvalue weighted by Gasteiger charge is -2.49. The minimum atomic E-state index is -3.65. The largest absolute Gasteiger partial charge is 0.379 e. The van der Waals surface area contributed by atoms with E-state index in [4.69, 9.17) is 4.74 Å². The number of carbonyl (C=O) groups is 5. The number of sulfone groups is 1. The predicted molar refractivity (Wildman–Crippen MR) is 192 cm³/mol. The van der Waals surface area contributed by atoms with E-state index in [2.05, 4.69) is 35.1 Å². The molecule has 4 N–H and O–H groups in total. The third-order valence-electron chi connectivity index (χ3n) is 12.7. The molecule has 0 radical (unpaired) electrons. The zero-order valence-electron chi connectivity index (χ0n) is 31.5. The summed E-state index contributed by atoms with van der Waals surface area (Å²) in [6.07, 6.45) is 9.38. The van der Waals surface area contributed by atoms with E-state index in [1.165, 1.54) is 4.90 Å². The van der Waals surface area contributed by atoms with E-state index in [1.54, 1.807) is 27.7 Å². The maximum Gasteiger partial charge on any atom is 0.316 e. The second-order valence-corrected chi connectivity index (χ2v) is 20.1. The van der Waals surface area contributed by atoms with E-state index in [1.807, 2.05) is 0 Å². The van der Waals surface area contributed by atoms with Crippen LogP contribution < -0.4 is 21.3 Å². The minimum Gasteiger partial charge on any atom is -0.379 e. The lowest BCUT2D eigenvalue weighted by Crippen LogP contribution is -2.69. The fraction of sp³-hybridized carbons (Fsp3) is 0.865. The highest BCUT2D eigenvalue weighted by molar-refractivity contribution is 7.93. The van der Waals surface area contributed by atoms with Crippen LogP contribution in [0.25, 0.3) is 0 Å². The summed E-state index contributed by atoms with van der Waals surface area (Å²) < 4.78 is 32.0. The summed E-state index contributed by atoms with van der Waals surface area (Å²) in [5.41, 5.74) is -1.25. The average Bonchev–Trinajstić information content (AvgIpc) is 3.92. The molecule has 14 heteroatoms. The molecule has 51 heavy (non-hydrogen) atoms. The van der Waals surface area contributed by atoms with Gasteiger partial charge in [0.05, 0.1) is 28.2 Å². The monoisotopic (exact) mass is 735 g/mol. The first-order valence-electron chi connectivity index (χ1n) is 19.3. The molecule has 5 atom stereocenters. The van der Waals surface area contributed by atoms with Crippen LogP contribution in [0.2, 0.25) is 0 Å². The van der Waals surface area contributed by atoms with Gasteiger partial charge in [-0.1, -0.05) is 58.8 Å². The number of piperidine rings is 1. The number of fused-ring (bicyclic) bond motifs is 3. The molecule has 5 aliphatic rings. The lowest BCUT2D eigenvalue weighted by molar-refractivity contribution is -0.144. The van der Waals surface area contributed by atoms with Crippen LogP contribution in [0.4, 0.5) is 4.79 Å². The number of ketones is 1. The molecule has 5 rings (SSSR count). The second kappa shape index (κ2) is 15.3. The van der Waals surface area contributed by atoms with Crippen molar-refractivity contribution in [2.75, 3.05) is 19.8 Å². The molecule has 0 bridgehead atoms. The van der Waals surface area contributed by atoms with Gasteiger partial charge in [0.2, 0.25) is 17.6 Å². The van der Waals surface area contributed by atoms with Gasteiger partial charge < -0.3 is 30.9 Å². The van der Waals surface area contributed by atoms with Crippen LogP contribution in [0.5, 0.6) is 0 Å². The molecule has 0 aromatic carbocycles. The molecule has 0 aromatic heterocycles. The van der Waals surface area contributed by atoms with Gasteiger partial charge in [0.25, 0.3) is 5.91 Å². The van der Waals surface area contributed by atoms with Gasteiger partial charge in [-0.2, -0.15) is 0 Å². The molecule has 2 heterocycles. The van der Waals surface area contributed by atoms with Crippen LogP contribution >= 0.6 is 0 Å². The van der Waals surface area contributed by atoms with Crippen molar-refractivity contribution in [3.63, 3.8) is 0 Å². The van der Waals surface area contributed by atoms with Gasteiger partial charge in [-0.25, -0.2) is 13.2 Å². The topological polar surface area (TPSA) is 180 Å². The Labute approximate surface area is 303 Å². The number of nitrogens with zero attached hydrogens (tertiary/aromatic N) is 1. The smallest absolute Gasteiger partial charge is 0.316 e. The third-order valence-corrected chi connectivity index (χ3v) is 15.8. The van der Waals surface area contributed by atoms with Gasteiger partial charge in [0.1, 0.15) is 12.1 Å². The Morgan fingerprint density at radius 1 is 0.922 bits per heavy atom. The maximum absolute atomic E-state index is 14.4. The number of nitrogens with one attached hydrogen (secondary N) is 4. The normalized spacial score (nSPS) is 30.4. The first kappa shape index (κ1) is 39.5. The number of ether oxygens (including phenoxy) is 1. The Bertz CT molecular complexity index is 1450. The first-order chi connectivity index (χ1) is 23.9. The molecular formula is C37H61N5O8S. The Morgan fingerprint density at radius 2 is 1.55 bits per heavy atom. The van der Waals surface area contributed by atoms with Gasteiger partial charge in [-0.05, 0) is 83.5 Å². The Balaban J connectivity index is 1.39. The highest BCUT2D eigenvalue weighted by Gasteiger charge is 2.69. The van der Waals surface area contributed by atoms with Gasteiger partial charge in [-0.15, -0.1) is 0 Å². The van der Waals surface area contributed by atoms with Crippen molar-refractivity contribution in [1.82, 2.24) is 26.2 Å². The highest BCUT2D eigenvalue weighted by Crippen LogP contribution is 2.65. The average molecular weight is 736 g/mol. The number of Topliss-reactive ketones (excluding diaryl/α,β-unsaturated/α-hetero) is 1. The molecule has 0 aromatic rings. The van der Waals surface area contributed by atoms with Crippen molar-refractivity contribution in [2.45, 2.75) is 165 Å². The summed E-state index contributed by atoms with van der Waals surface area (Å²) in [6, 6.07) is -3.68. The zero-order valence-corrected chi connectivity index (χ0v) is 32.3. The number of carbonyl (C=O) groups excluding carboxylic acids is 5. The van der Waals surface area contributed by atoms with Crippen LogP contribution in [-0.4, -0.2) is 102 Å². The van der Waals surface area contributed by atoms with E-state index in [0.717, 1.165) is 57.8 Å². The quantitative estimate of drug-likeness (QED) is 0.275. The molecule has 0 spiro atoms. The molecule has 2 saturated heterocycles. The van der Waals surface area contributed by atoms with E-state index in [0.29, 0.717) is 38.8 Å². The van der Waals surface area contributed by atoms with E-state index in [9.17, 15) is 32.4 Å². The van der Waals surface area contributed by atoms with Crippen molar-refractivity contribution < 1.29 is 37.1 Å². The van der Waals surface area contributed by atoms with Gasteiger partial charge in [0, 0.05) is 19.2 Å². The van der Waals surface area contributed by atoms with Crippen molar-refractivity contribution in [3.05, 3.63) is 0 Å². The van der Waals surface area contributed by atoms with Crippen molar-refractivity contribution in [1.29, 1.82) is 0 Å². The maximum atomic E-state index is 14.4. The molecule has 0 unspecified atom stereocenters. The molecule has 5 amide bonds. The fourth-order valence-corrected chi connectivity index (χ4v) is 10.9. The summed E-state index contributed by atoms with van der Waals surface area (Å²) in [5, 5.41) is 10.9. The van der Waals surface area contributed by atoms with Crippen LogP contribution in [0.3, 0.4) is 0 Å². The molecule has 3 saturated carbocycles. The van der Waals surface area contributed by atoms with E-state index in [-0.39, 0.29) is 29.9 Å². The predicted octanol–water partition coefficient (Wildman–Crippen LogP) is 3.15. The minimum absolute atomic E-state index is 0.00170. The number of hydrogen-bond donors (Lipinski definition) is 4. The summed E-state index contributed by atoms with van der Waals surface area (Å²) in [4.78, 5) is 70.2. The number of rotatable bonds is 8. The molecule has 288 valence electrons. The van der Waals surface area contributed by atoms with Gasteiger partial charge >= 0.3 is 6.03 Å². The van der Waals surface area contributed by atoms with Gasteiger partial charge in [-0.3, -0.25) is 19.2 Å². The van der Waals surface area contributed by atoms with Crippen LogP contribution in [0.1, 0.15) is 125 Å². The number of hydrogen-bond acceptors (Lipinski definition) is 8. The first-order valence-corrected chi connectivity index (χ1v) is 20.8. The van der Waals surface area contributed by atoms with E-state index >= 15 is 0 Å². The molecule has 5 fully saturated rings. The molecule has 3 aliphatic carbocycles. The SMILES string of the molecule is CC(C)S(=O)(=O)C(C)(C)C1(NC(=O)N[C@@H]2COCCCCCCC[C@H](C(=O)C(=O)NC3CC3)NC(=O)[C@@H]3[C@@H]4[C@H](CN3C2=O)C4(C)C)CCCCC1. The van der Waals surface area contributed by atoms with Gasteiger partial charge in [0.15, 0.2) is 9.84 Å². The molecular weight excluding hydrogens is 675 g/mol. The summed E-state index contributed by atoms with van der Waals surface area (Å²) in [7, 11) is -3.65. The standard InChI is InChI=1S/C37H61N5O8S/c1-23(2)51(48,49)36(5,6)37(18-12-10-13-19-37)41-34(47)40-27-22-50-20-14-9-7-8-11-15-26(30(43)32(45)38-24-16-17-24)39-31(44)29-28-25(35(28,3)4)21-42(29)33(27)46/h23-29H,7-22H2,1-6H3,(H,38,45)(H,39,44)(H2,40,41,47)/t25-,26+,27+,28-,29-/m0/s1. The van der Waals surface area contributed by atoms with Crippen LogP contribution in [0, 0.1) is 17.3 Å². The fourth-order valence-electron chi connectivity index (χ4n) is 8.95.